The van der Waals surface area contributed by atoms with Crippen LogP contribution in [0.2, 0.25) is 0 Å². The monoisotopic (exact) mass is 490 g/mol. The molecule has 2 aromatic rings. The molecule has 8 nitrogen and oxygen atoms in total. The van der Waals surface area contributed by atoms with Gasteiger partial charge in [-0.2, -0.15) is 18.4 Å². The summed E-state index contributed by atoms with van der Waals surface area (Å²) in [5.41, 5.74) is -2.46. The Balaban J connectivity index is 1.71. The highest BCUT2D eigenvalue weighted by Crippen LogP contribution is 2.38. The summed E-state index contributed by atoms with van der Waals surface area (Å²) in [7, 11) is 0. The van der Waals surface area contributed by atoms with Crippen LogP contribution < -0.4 is 4.90 Å². The van der Waals surface area contributed by atoms with Crippen LogP contribution in [0.25, 0.3) is 0 Å². The molecule has 2 aliphatic rings. The van der Waals surface area contributed by atoms with Gasteiger partial charge >= 0.3 is 12.3 Å². The van der Waals surface area contributed by atoms with Gasteiger partial charge in [0.15, 0.2) is 0 Å². The number of amides is 3. The average molecular weight is 490 g/mol. The number of anilines is 1. The molecule has 0 radical (unpaired) electrons. The molecule has 3 amide bonds. The molecule has 12 heteroatoms. The second kappa shape index (κ2) is 8.57. The lowest BCUT2D eigenvalue weighted by molar-refractivity contribution is -0.151. The third-order valence-corrected chi connectivity index (χ3v) is 6.26. The molecule has 1 unspecified atom stereocenters. The highest BCUT2D eigenvalue weighted by Gasteiger charge is 2.57. The summed E-state index contributed by atoms with van der Waals surface area (Å²) in [5, 5.41) is 18.4. The lowest BCUT2D eigenvalue weighted by Crippen LogP contribution is -2.69. The molecule has 0 bridgehead atoms. The smallest absolute Gasteiger partial charge is 0.416 e. The second-order valence-electron chi connectivity index (χ2n) is 8.33. The van der Waals surface area contributed by atoms with Crippen LogP contribution in [0, 0.1) is 17.1 Å². The van der Waals surface area contributed by atoms with E-state index in [1.54, 1.807) is 6.07 Å². The van der Waals surface area contributed by atoms with E-state index in [4.69, 9.17) is 5.26 Å². The van der Waals surface area contributed by atoms with Crippen molar-refractivity contribution >= 4 is 23.6 Å². The normalized spacial score (nSPS) is 20.5. The summed E-state index contributed by atoms with van der Waals surface area (Å²) in [5.74, 6) is -2.23. The zero-order chi connectivity index (χ0) is 25.5. The van der Waals surface area contributed by atoms with Gasteiger partial charge in [-0.25, -0.2) is 9.18 Å². The van der Waals surface area contributed by atoms with Crippen molar-refractivity contribution in [2.45, 2.75) is 24.7 Å². The van der Waals surface area contributed by atoms with E-state index in [2.05, 4.69) is 0 Å². The number of carbonyl (C=O) groups is 3. The molecule has 1 N–H and O–H groups in total. The minimum absolute atomic E-state index is 0.0126. The molecule has 182 valence electrons. The minimum Gasteiger partial charge on any atom is -0.465 e. The topological polar surface area (TPSA) is 105 Å². The van der Waals surface area contributed by atoms with Gasteiger partial charge in [-0.3, -0.25) is 14.5 Å². The Morgan fingerprint density at radius 3 is 2.37 bits per heavy atom. The van der Waals surface area contributed by atoms with Crippen molar-refractivity contribution in [3.8, 4) is 6.07 Å². The number of benzene rings is 2. The Labute approximate surface area is 196 Å². The van der Waals surface area contributed by atoms with E-state index in [1.165, 1.54) is 29.2 Å². The number of piperazine rings is 1. The Morgan fingerprint density at radius 2 is 1.83 bits per heavy atom. The number of rotatable bonds is 3. The van der Waals surface area contributed by atoms with Crippen molar-refractivity contribution in [3.05, 3.63) is 65.0 Å². The number of alkyl halides is 3. The van der Waals surface area contributed by atoms with Gasteiger partial charge in [-0.15, -0.1) is 0 Å². The fourth-order valence-corrected chi connectivity index (χ4v) is 4.46. The molecule has 0 saturated carbocycles. The largest absolute Gasteiger partial charge is 0.465 e. The summed E-state index contributed by atoms with van der Waals surface area (Å²) in [6, 6.07) is 9.26. The summed E-state index contributed by atoms with van der Waals surface area (Å²) in [6.07, 6.45) is -5.92. The van der Waals surface area contributed by atoms with E-state index >= 15 is 0 Å². The van der Waals surface area contributed by atoms with Crippen LogP contribution in [0.4, 0.5) is 28.0 Å². The van der Waals surface area contributed by atoms with Crippen molar-refractivity contribution in [1.29, 1.82) is 5.26 Å². The van der Waals surface area contributed by atoms with Crippen LogP contribution >= 0.6 is 0 Å². The van der Waals surface area contributed by atoms with E-state index in [9.17, 15) is 37.1 Å². The Hall–Kier alpha value is -4.14. The molecule has 2 fully saturated rings. The maximum Gasteiger partial charge on any atom is 0.416 e. The first-order valence-electron chi connectivity index (χ1n) is 10.4. The van der Waals surface area contributed by atoms with Gasteiger partial charge in [0.05, 0.1) is 29.4 Å². The van der Waals surface area contributed by atoms with Gasteiger partial charge in [-0.05, 0) is 42.3 Å². The standard InChI is InChI=1S/C23H18F4N4O4/c24-17-9-15(10-28)3-6-18(17)30-12-19(32)31(11-14-1-4-16(5-2-14)23(25,26)27)22(20(30)33)7-8-29(13-22)21(34)35/h1-6,9H,7-8,11-13H2,(H,34,35). The first-order chi connectivity index (χ1) is 16.5. The minimum atomic E-state index is -4.55. The average Bonchev–Trinajstić information content (AvgIpc) is 3.26. The Morgan fingerprint density at radius 1 is 1.14 bits per heavy atom. The molecule has 1 atom stereocenters. The predicted molar refractivity (Wildman–Crippen MR) is 112 cm³/mol. The van der Waals surface area contributed by atoms with Crippen LogP contribution in [-0.2, 0) is 22.3 Å². The van der Waals surface area contributed by atoms with Gasteiger partial charge < -0.3 is 14.9 Å². The number of halogens is 4. The first kappa shape index (κ1) is 24.0. The number of hydrogen-bond donors (Lipinski definition) is 1. The Bertz CT molecular complexity index is 1240. The summed E-state index contributed by atoms with van der Waals surface area (Å²) >= 11 is 0. The number of hydrogen-bond acceptors (Lipinski definition) is 4. The number of carbonyl (C=O) groups excluding carboxylic acids is 2. The lowest BCUT2D eigenvalue weighted by atomic mass is 9.89. The molecule has 2 heterocycles. The van der Waals surface area contributed by atoms with Crippen molar-refractivity contribution in [1.82, 2.24) is 9.80 Å². The van der Waals surface area contributed by atoms with Gasteiger partial charge in [0, 0.05) is 13.1 Å². The molecule has 2 aliphatic heterocycles. The zero-order valence-electron chi connectivity index (χ0n) is 18.0. The van der Waals surface area contributed by atoms with Crippen LogP contribution in [0.15, 0.2) is 42.5 Å². The molecule has 1 spiro atoms. The van der Waals surface area contributed by atoms with E-state index < -0.39 is 47.5 Å². The highest BCUT2D eigenvalue weighted by molar-refractivity contribution is 6.09. The summed E-state index contributed by atoms with van der Waals surface area (Å²) in [6.45, 7) is -1.24. The Kier molecular flexibility index (Phi) is 5.88. The van der Waals surface area contributed by atoms with E-state index in [1.807, 2.05) is 0 Å². The highest BCUT2D eigenvalue weighted by atomic mass is 19.4. The number of nitrogens with zero attached hydrogens (tertiary/aromatic N) is 4. The lowest BCUT2D eigenvalue weighted by Gasteiger charge is -2.47. The van der Waals surface area contributed by atoms with Gasteiger partial charge in [-0.1, -0.05) is 12.1 Å². The van der Waals surface area contributed by atoms with Gasteiger partial charge in [0.1, 0.15) is 17.9 Å². The van der Waals surface area contributed by atoms with Crippen LogP contribution in [0.5, 0.6) is 0 Å². The fourth-order valence-electron chi connectivity index (χ4n) is 4.46. The third kappa shape index (κ3) is 4.25. The zero-order valence-corrected chi connectivity index (χ0v) is 18.0. The van der Waals surface area contributed by atoms with Crippen LogP contribution in [0.1, 0.15) is 23.1 Å². The SMILES string of the molecule is N#Cc1ccc(N2CC(=O)N(Cc3ccc(C(F)(F)F)cc3)C3(CCN(C(=O)O)C3)C2=O)c(F)c1. The molecule has 2 saturated heterocycles. The maximum absolute atomic E-state index is 14.7. The molecular weight excluding hydrogens is 472 g/mol. The molecule has 4 rings (SSSR count). The van der Waals surface area contributed by atoms with Crippen molar-refractivity contribution < 1.29 is 37.1 Å². The maximum atomic E-state index is 14.7. The number of nitriles is 1. The van der Waals surface area contributed by atoms with Crippen molar-refractivity contribution in [2.24, 2.45) is 0 Å². The number of likely N-dealkylation sites (tertiary alicyclic amines) is 1. The summed E-state index contributed by atoms with van der Waals surface area (Å²) < 4.78 is 53.4. The molecule has 0 aromatic heterocycles. The molecule has 0 aliphatic carbocycles. The van der Waals surface area contributed by atoms with Gasteiger partial charge in [0.25, 0.3) is 5.91 Å². The summed E-state index contributed by atoms with van der Waals surface area (Å²) in [4.78, 5) is 41.6. The van der Waals surface area contributed by atoms with Crippen molar-refractivity contribution in [2.75, 3.05) is 24.5 Å². The molecule has 35 heavy (non-hydrogen) atoms. The van der Waals surface area contributed by atoms with E-state index in [-0.39, 0.29) is 37.3 Å². The second-order valence-corrected chi connectivity index (χ2v) is 8.33. The van der Waals surface area contributed by atoms with Crippen LogP contribution in [0.3, 0.4) is 0 Å². The van der Waals surface area contributed by atoms with Crippen molar-refractivity contribution in [3.63, 3.8) is 0 Å². The number of carboxylic acid groups (broad SMARTS) is 1. The van der Waals surface area contributed by atoms with E-state index in [0.29, 0.717) is 5.56 Å². The van der Waals surface area contributed by atoms with E-state index in [0.717, 1.165) is 28.0 Å². The fraction of sp³-hybridized carbons (Fsp3) is 0.304. The quantitative estimate of drug-likeness (QED) is 0.666. The van der Waals surface area contributed by atoms with Gasteiger partial charge in [0.2, 0.25) is 5.91 Å². The molecule has 2 aromatic carbocycles. The molecular formula is C23H18F4N4O4. The third-order valence-electron chi connectivity index (χ3n) is 6.26. The predicted octanol–water partition coefficient (Wildman–Crippen LogP) is 3.21. The van der Waals surface area contributed by atoms with Crippen LogP contribution in [-0.4, -0.2) is 58.0 Å². The first-order valence-corrected chi connectivity index (χ1v) is 10.4.